The summed E-state index contributed by atoms with van der Waals surface area (Å²) in [5, 5.41) is 8.55. The van der Waals surface area contributed by atoms with Crippen LogP contribution in [0.15, 0.2) is 23.3 Å². The Balaban J connectivity index is 0.00000420. The lowest BCUT2D eigenvalue weighted by Crippen LogP contribution is -2.46. The first-order chi connectivity index (χ1) is 13.1. The highest BCUT2D eigenvalue weighted by atomic mass is 127. The van der Waals surface area contributed by atoms with Crippen LogP contribution in [0, 0.1) is 0 Å². The number of nitrogens with one attached hydrogen (secondary N) is 3. The first-order valence-electron chi connectivity index (χ1n) is 8.61. The monoisotopic (exact) mass is 540 g/mol. The molecule has 0 saturated carbocycles. The average Bonchev–Trinajstić information content (AvgIpc) is 3.02. The van der Waals surface area contributed by atoms with Crippen LogP contribution < -0.4 is 16.0 Å². The van der Waals surface area contributed by atoms with Crippen molar-refractivity contribution in [1.82, 2.24) is 20.5 Å². The Labute approximate surface area is 181 Å². The second-order valence-electron chi connectivity index (χ2n) is 6.30. The van der Waals surface area contributed by atoms with Gasteiger partial charge in [0.2, 0.25) is 0 Å². The summed E-state index contributed by atoms with van der Waals surface area (Å²) in [7, 11) is 1.51. The molecule has 0 radical (unpaired) electrons. The molecule has 0 bridgehead atoms. The van der Waals surface area contributed by atoms with E-state index in [4.69, 9.17) is 0 Å². The molecule has 1 unspecified atom stereocenters. The number of halogens is 7. The van der Waals surface area contributed by atoms with Gasteiger partial charge in [0.05, 0.1) is 12.1 Å². The summed E-state index contributed by atoms with van der Waals surface area (Å²) in [5.41, 5.74) is -0.854. The van der Waals surface area contributed by atoms with E-state index in [0.29, 0.717) is 18.9 Å². The largest absolute Gasteiger partial charge is 0.419 e. The Morgan fingerprint density at radius 1 is 1.24 bits per heavy atom. The molecule has 0 amide bonds. The second-order valence-corrected chi connectivity index (χ2v) is 6.30. The van der Waals surface area contributed by atoms with Crippen LogP contribution in [0.1, 0.15) is 12.0 Å². The molecule has 166 valence electrons. The first-order valence-corrected chi connectivity index (χ1v) is 8.61. The number of anilines is 1. The van der Waals surface area contributed by atoms with Crippen LogP contribution in [0.4, 0.5) is 32.2 Å². The molecule has 2 rings (SSSR count). The van der Waals surface area contributed by atoms with E-state index in [-0.39, 0.29) is 55.5 Å². The van der Waals surface area contributed by atoms with Crippen molar-refractivity contribution in [3.8, 4) is 0 Å². The molecule has 1 fully saturated rings. The lowest BCUT2D eigenvalue weighted by atomic mass is 10.2. The van der Waals surface area contributed by atoms with Gasteiger partial charge in [0.1, 0.15) is 5.82 Å². The normalized spacial score (nSPS) is 18.3. The highest BCUT2D eigenvalue weighted by Crippen LogP contribution is 2.33. The lowest BCUT2D eigenvalue weighted by Gasteiger charge is -2.20. The van der Waals surface area contributed by atoms with E-state index >= 15 is 0 Å². The van der Waals surface area contributed by atoms with Gasteiger partial charge >= 0.3 is 12.4 Å². The number of hydrogen-bond donors (Lipinski definition) is 3. The molecule has 3 N–H and O–H groups in total. The number of hydrogen-bond acceptors (Lipinski definition) is 4. The molecule has 1 aromatic heterocycles. The Morgan fingerprint density at radius 3 is 2.59 bits per heavy atom. The smallest absolute Gasteiger partial charge is 0.368 e. The summed E-state index contributed by atoms with van der Waals surface area (Å²) in [6, 6.07) is 1.96. The van der Waals surface area contributed by atoms with Crippen LogP contribution in [0.2, 0.25) is 0 Å². The summed E-state index contributed by atoms with van der Waals surface area (Å²) < 4.78 is 76.0. The van der Waals surface area contributed by atoms with Crippen LogP contribution in [0.5, 0.6) is 0 Å². The molecule has 1 aromatic rings. The van der Waals surface area contributed by atoms with Crippen molar-refractivity contribution in [3.63, 3.8) is 0 Å². The van der Waals surface area contributed by atoms with Crippen LogP contribution in [0.25, 0.3) is 0 Å². The van der Waals surface area contributed by atoms with Gasteiger partial charge in [-0.05, 0) is 18.6 Å². The lowest BCUT2D eigenvalue weighted by molar-refractivity contribution is -0.143. The van der Waals surface area contributed by atoms with Gasteiger partial charge in [0.15, 0.2) is 5.96 Å². The fourth-order valence-electron chi connectivity index (χ4n) is 2.87. The van der Waals surface area contributed by atoms with Gasteiger partial charge < -0.3 is 16.0 Å². The standard InChI is InChI=1S/C16H22F6N6.HI/c1-23-14(27-11-4-8-28(9-11)10-15(17,18)19)26-7-6-25-13-12(16(20,21)22)3-2-5-24-13;/h2-3,5,11H,4,6-10H2,1H3,(H,24,25)(H2,23,26,27);1H. The van der Waals surface area contributed by atoms with Crippen molar-refractivity contribution >= 4 is 35.8 Å². The van der Waals surface area contributed by atoms with Gasteiger partial charge in [-0.2, -0.15) is 26.3 Å². The van der Waals surface area contributed by atoms with E-state index in [1.165, 1.54) is 24.2 Å². The molecule has 1 atom stereocenters. The van der Waals surface area contributed by atoms with Gasteiger partial charge in [0.25, 0.3) is 0 Å². The maximum atomic E-state index is 12.9. The number of guanidine groups is 1. The van der Waals surface area contributed by atoms with Crippen molar-refractivity contribution in [2.24, 2.45) is 4.99 Å². The summed E-state index contributed by atoms with van der Waals surface area (Å²) in [6.07, 6.45) is -6.94. The Morgan fingerprint density at radius 2 is 1.97 bits per heavy atom. The van der Waals surface area contributed by atoms with Crippen LogP contribution in [-0.2, 0) is 6.18 Å². The van der Waals surface area contributed by atoms with Crippen LogP contribution in [0.3, 0.4) is 0 Å². The number of rotatable bonds is 6. The summed E-state index contributed by atoms with van der Waals surface area (Å²) in [5.74, 6) is 0.107. The van der Waals surface area contributed by atoms with Crippen molar-refractivity contribution in [2.45, 2.75) is 24.8 Å². The minimum atomic E-state index is -4.51. The molecule has 0 spiro atoms. The summed E-state index contributed by atoms with van der Waals surface area (Å²) in [4.78, 5) is 9.00. The Bertz CT molecular complexity index is 666. The molecule has 2 heterocycles. The molecule has 0 aromatic carbocycles. The van der Waals surface area contributed by atoms with E-state index < -0.39 is 24.5 Å². The number of pyridine rings is 1. The number of aromatic nitrogens is 1. The van der Waals surface area contributed by atoms with Gasteiger partial charge in [0, 0.05) is 45.5 Å². The SMILES string of the molecule is CN=C(NCCNc1ncccc1C(F)(F)F)NC1CCN(CC(F)(F)F)C1.I. The van der Waals surface area contributed by atoms with E-state index in [1.807, 2.05) is 0 Å². The fourth-order valence-corrected chi connectivity index (χ4v) is 2.87. The van der Waals surface area contributed by atoms with E-state index in [2.05, 4.69) is 25.9 Å². The quantitative estimate of drug-likeness (QED) is 0.170. The van der Waals surface area contributed by atoms with E-state index in [1.54, 1.807) is 0 Å². The highest BCUT2D eigenvalue weighted by molar-refractivity contribution is 14.0. The zero-order chi connectivity index (χ0) is 20.8. The molecule has 1 saturated heterocycles. The third-order valence-corrected chi connectivity index (χ3v) is 4.06. The minimum Gasteiger partial charge on any atom is -0.368 e. The number of nitrogens with zero attached hydrogens (tertiary/aromatic N) is 3. The molecular weight excluding hydrogens is 517 g/mol. The predicted molar refractivity (Wildman–Crippen MR) is 109 cm³/mol. The van der Waals surface area contributed by atoms with Crippen molar-refractivity contribution in [3.05, 3.63) is 23.9 Å². The van der Waals surface area contributed by atoms with Gasteiger partial charge in [-0.1, -0.05) is 0 Å². The molecule has 1 aliphatic rings. The molecule has 29 heavy (non-hydrogen) atoms. The number of aliphatic imine (C=N–C) groups is 1. The van der Waals surface area contributed by atoms with Crippen LogP contribution in [-0.4, -0.2) is 67.8 Å². The van der Waals surface area contributed by atoms with Gasteiger partial charge in [-0.3, -0.25) is 9.89 Å². The predicted octanol–water partition coefficient (Wildman–Crippen LogP) is 2.93. The maximum Gasteiger partial charge on any atom is 0.419 e. The average molecular weight is 540 g/mol. The van der Waals surface area contributed by atoms with Crippen molar-refractivity contribution in [2.75, 3.05) is 45.1 Å². The van der Waals surface area contributed by atoms with E-state index in [0.717, 1.165) is 6.07 Å². The summed E-state index contributed by atoms with van der Waals surface area (Å²) >= 11 is 0. The van der Waals surface area contributed by atoms with Crippen molar-refractivity contribution in [1.29, 1.82) is 0 Å². The molecule has 13 heteroatoms. The topological polar surface area (TPSA) is 64.6 Å². The van der Waals surface area contributed by atoms with Crippen molar-refractivity contribution < 1.29 is 26.3 Å². The van der Waals surface area contributed by atoms with Gasteiger partial charge in [-0.25, -0.2) is 4.98 Å². The summed E-state index contributed by atoms with van der Waals surface area (Å²) in [6.45, 7) is 0.00188. The third-order valence-electron chi connectivity index (χ3n) is 4.06. The Hall–Kier alpha value is -1.51. The highest BCUT2D eigenvalue weighted by Gasteiger charge is 2.35. The number of likely N-dealkylation sites (tertiary alicyclic amines) is 1. The third kappa shape index (κ3) is 8.80. The first kappa shape index (κ1) is 25.5. The molecular formula is C16H23F6IN6. The maximum absolute atomic E-state index is 12.9. The van der Waals surface area contributed by atoms with Gasteiger partial charge in [-0.15, -0.1) is 24.0 Å². The van der Waals surface area contributed by atoms with E-state index in [9.17, 15) is 26.3 Å². The fraction of sp³-hybridized carbons (Fsp3) is 0.625. The second kappa shape index (κ2) is 11.0. The number of alkyl halides is 6. The van der Waals surface area contributed by atoms with Crippen LogP contribution >= 0.6 is 24.0 Å². The molecule has 0 aliphatic carbocycles. The minimum absolute atomic E-state index is 0. The molecule has 6 nitrogen and oxygen atoms in total. The Kier molecular flexibility index (Phi) is 9.71. The zero-order valence-electron chi connectivity index (χ0n) is 15.6. The zero-order valence-corrected chi connectivity index (χ0v) is 17.9. The molecule has 1 aliphatic heterocycles.